The highest BCUT2D eigenvalue weighted by Crippen LogP contribution is 2.34. The van der Waals surface area contributed by atoms with Crippen LogP contribution in [0.25, 0.3) is 11.2 Å². The van der Waals surface area contributed by atoms with Crippen molar-refractivity contribution in [3.63, 3.8) is 0 Å². The van der Waals surface area contributed by atoms with E-state index in [9.17, 15) is 8.78 Å². The molecule has 0 radical (unpaired) electrons. The molecule has 1 fully saturated rings. The van der Waals surface area contributed by atoms with Crippen molar-refractivity contribution in [1.29, 1.82) is 0 Å². The number of hydrogen-bond acceptors (Lipinski definition) is 5. The molecule has 0 unspecified atom stereocenters. The average Bonchev–Trinajstić information content (AvgIpc) is 3.20. The fourth-order valence-electron chi connectivity index (χ4n) is 3.25. The zero-order valence-corrected chi connectivity index (χ0v) is 17.8. The molecule has 154 valence electrons. The molecule has 0 spiro atoms. The fourth-order valence-corrected chi connectivity index (χ4v) is 3.62. The van der Waals surface area contributed by atoms with E-state index in [-0.39, 0.29) is 18.4 Å². The van der Waals surface area contributed by atoms with E-state index in [0.29, 0.717) is 39.4 Å². The molecule has 6 nitrogen and oxygen atoms in total. The normalized spacial score (nSPS) is 16.7. The van der Waals surface area contributed by atoms with Crippen LogP contribution in [0, 0.1) is 0 Å². The SMILES string of the molecule is CC(C)(C)c1nc(N2CCC(F)(F)C2)c2nnn(Cc3cc(Cl)ccc3Cl)c2n1. The van der Waals surface area contributed by atoms with Gasteiger partial charge in [0.15, 0.2) is 17.0 Å². The first-order chi connectivity index (χ1) is 13.5. The summed E-state index contributed by atoms with van der Waals surface area (Å²) < 4.78 is 29.3. The Morgan fingerprint density at radius 2 is 1.93 bits per heavy atom. The summed E-state index contributed by atoms with van der Waals surface area (Å²) in [6, 6.07) is 5.18. The van der Waals surface area contributed by atoms with Gasteiger partial charge < -0.3 is 4.90 Å². The maximum Gasteiger partial charge on any atom is 0.266 e. The smallest absolute Gasteiger partial charge is 0.266 e. The van der Waals surface area contributed by atoms with E-state index in [1.54, 1.807) is 27.8 Å². The first-order valence-electron chi connectivity index (χ1n) is 9.22. The monoisotopic (exact) mass is 440 g/mol. The molecule has 10 heteroatoms. The van der Waals surface area contributed by atoms with E-state index in [1.165, 1.54) is 0 Å². The first-order valence-corrected chi connectivity index (χ1v) is 9.97. The van der Waals surface area contributed by atoms with Crippen molar-refractivity contribution < 1.29 is 8.78 Å². The maximum absolute atomic E-state index is 13.8. The van der Waals surface area contributed by atoms with Gasteiger partial charge in [0.25, 0.3) is 5.92 Å². The molecule has 1 aliphatic heterocycles. The minimum absolute atomic E-state index is 0.204. The number of alkyl halides is 2. The lowest BCUT2D eigenvalue weighted by Gasteiger charge is -2.22. The van der Waals surface area contributed by atoms with E-state index in [4.69, 9.17) is 23.2 Å². The summed E-state index contributed by atoms with van der Waals surface area (Å²) in [6.07, 6.45) is -0.213. The lowest BCUT2D eigenvalue weighted by molar-refractivity contribution is 0.0257. The molecular formula is C19H20Cl2F2N6. The minimum Gasteiger partial charge on any atom is -0.348 e. The largest absolute Gasteiger partial charge is 0.348 e. The molecule has 3 heterocycles. The summed E-state index contributed by atoms with van der Waals surface area (Å²) in [5, 5.41) is 9.51. The Bertz CT molecular complexity index is 1080. The van der Waals surface area contributed by atoms with Gasteiger partial charge in [0.2, 0.25) is 0 Å². The molecule has 2 aromatic heterocycles. The van der Waals surface area contributed by atoms with E-state index in [2.05, 4.69) is 20.3 Å². The summed E-state index contributed by atoms with van der Waals surface area (Å²) in [7, 11) is 0. The molecule has 1 aromatic carbocycles. The van der Waals surface area contributed by atoms with Crippen LogP contribution in [0.3, 0.4) is 0 Å². The van der Waals surface area contributed by atoms with Gasteiger partial charge in [-0.1, -0.05) is 49.2 Å². The van der Waals surface area contributed by atoms with Crippen molar-refractivity contribution >= 4 is 40.2 Å². The van der Waals surface area contributed by atoms with Crippen LogP contribution >= 0.6 is 23.2 Å². The zero-order chi connectivity index (χ0) is 21.0. The Labute approximate surface area is 176 Å². The number of nitrogens with zero attached hydrogens (tertiary/aromatic N) is 6. The van der Waals surface area contributed by atoms with Gasteiger partial charge in [-0.3, -0.25) is 0 Å². The van der Waals surface area contributed by atoms with Crippen molar-refractivity contribution in [2.45, 2.75) is 45.1 Å². The van der Waals surface area contributed by atoms with Crippen LogP contribution < -0.4 is 4.90 Å². The second-order valence-corrected chi connectivity index (χ2v) is 9.15. The summed E-state index contributed by atoms with van der Waals surface area (Å²) in [5.74, 6) is -1.82. The topological polar surface area (TPSA) is 59.7 Å². The summed E-state index contributed by atoms with van der Waals surface area (Å²) in [4.78, 5) is 10.8. The van der Waals surface area contributed by atoms with Crippen molar-refractivity contribution in [1.82, 2.24) is 25.0 Å². The van der Waals surface area contributed by atoms with E-state index < -0.39 is 12.5 Å². The fraction of sp³-hybridized carbons (Fsp3) is 0.474. The molecule has 0 saturated carbocycles. The van der Waals surface area contributed by atoms with Crippen LogP contribution in [0.15, 0.2) is 18.2 Å². The summed E-state index contributed by atoms with van der Waals surface area (Å²) in [6.45, 7) is 6.02. The summed E-state index contributed by atoms with van der Waals surface area (Å²) in [5.41, 5.74) is 1.25. The standard InChI is InChI=1S/C19H20Cl2F2N6/c1-18(2,3)17-24-15(28-7-6-19(22,23)10-28)14-16(25-17)29(27-26-14)9-11-8-12(20)4-5-13(11)21/h4-5,8H,6-7,9-10H2,1-3H3. The van der Waals surface area contributed by atoms with Crippen molar-refractivity contribution in [3.8, 4) is 0 Å². The van der Waals surface area contributed by atoms with Crippen LogP contribution in [-0.4, -0.2) is 44.0 Å². The third-order valence-corrected chi connectivity index (χ3v) is 5.42. The van der Waals surface area contributed by atoms with Crippen LogP contribution in [0.4, 0.5) is 14.6 Å². The van der Waals surface area contributed by atoms with Crippen molar-refractivity contribution in [2.75, 3.05) is 18.0 Å². The molecule has 0 N–H and O–H groups in total. The van der Waals surface area contributed by atoms with Crippen LogP contribution in [-0.2, 0) is 12.0 Å². The highest BCUT2D eigenvalue weighted by atomic mass is 35.5. The Balaban J connectivity index is 1.84. The van der Waals surface area contributed by atoms with Crippen LogP contribution in [0.1, 0.15) is 38.6 Å². The molecule has 3 aromatic rings. The number of rotatable bonds is 3. The third-order valence-electron chi connectivity index (χ3n) is 4.81. The highest BCUT2D eigenvalue weighted by Gasteiger charge is 2.40. The van der Waals surface area contributed by atoms with E-state index in [1.807, 2.05) is 20.8 Å². The third kappa shape index (κ3) is 4.00. The van der Waals surface area contributed by atoms with E-state index in [0.717, 1.165) is 5.56 Å². The molecule has 0 aliphatic carbocycles. The maximum atomic E-state index is 13.8. The van der Waals surface area contributed by atoms with Gasteiger partial charge in [0, 0.05) is 28.4 Å². The molecule has 0 bridgehead atoms. The average molecular weight is 441 g/mol. The van der Waals surface area contributed by atoms with Crippen LogP contribution in [0.2, 0.25) is 10.0 Å². The van der Waals surface area contributed by atoms with E-state index >= 15 is 0 Å². The number of aromatic nitrogens is 5. The first kappa shape index (κ1) is 20.2. The number of hydrogen-bond donors (Lipinski definition) is 0. The predicted octanol–water partition coefficient (Wildman–Crippen LogP) is 4.72. The van der Waals surface area contributed by atoms with Gasteiger partial charge in [-0.2, -0.15) is 0 Å². The number of anilines is 1. The van der Waals surface area contributed by atoms with Crippen molar-refractivity contribution in [2.24, 2.45) is 0 Å². The van der Waals surface area contributed by atoms with Gasteiger partial charge in [0.1, 0.15) is 5.82 Å². The van der Waals surface area contributed by atoms with Crippen LogP contribution in [0.5, 0.6) is 0 Å². The molecular weight excluding hydrogens is 421 g/mol. The molecule has 1 aliphatic rings. The Morgan fingerprint density at radius 3 is 2.59 bits per heavy atom. The minimum atomic E-state index is -2.75. The summed E-state index contributed by atoms with van der Waals surface area (Å²) >= 11 is 12.4. The molecule has 0 amide bonds. The van der Waals surface area contributed by atoms with Gasteiger partial charge >= 0.3 is 0 Å². The highest BCUT2D eigenvalue weighted by molar-refractivity contribution is 6.33. The van der Waals surface area contributed by atoms with Gasteiger partial charge in [-0.25, -0.2) is 23.4 Å². The second kappa shape index (κ2) is 7.02. The molecule has 0 atom stereocenters. The van der Waals surface area contributed by atoms with Gasteiger partial charge in [-0.15, -0.1) is 5.10 Å². The lowest BCUT2D eigenvalue weighted by Crippen LogP contribution is -2.27. The lowest BCUT2D eigenvalue weighted by atomic mass is 9.96. The molecule has 29 heavy (non-hydrogen) atoms. The number of fused-ring (bicyclic) bond motifs is 1. The Morgan fingerprint density at radius 1 is 1.17 bits per heavy atom. The quantitative estimate of drug-likeness (QED) is 0.589. The van der Waals surface area contributed by atoms with Gasteiger partial charge in [-0.05, 0) is 23.8 Å². The Kier molecular flexibility index (Phi) is 4.90. The Hall–Kier alpha value is -2.06. The number of benzene rings is 1. The van der Waals surface area contributed by atoms with Crippen molar-refractivity contribution in [3.05, 3.63) is 39.6 Å². The molecule has 1 saturated heterocycles. The number of halogens is 4. The zero-order valence-electron chi connectivity index (χ0n) is 16.3. The second-order valence-electron chi connectivity index (χ2n) is 8.30. The predicted molar refractivity (Wildman–Crippen MR) is 109 cm³/mol. The molecule has 4 rings (SSSR count). The van der Waals surface area contributed by atoms with Gasteiger partial charge in [0.05, 0.1) is 13.1 Å².